The summed E-state index contributed by atoms with van der Waals surface area (Å²) >= 11 is 0. The average molecular weight is 368 g/mol. The monoisotopic (exact) mass is 368 g/mol. The third kappa shape index (κ3) is 4.31. The lowest BCUT2D eigenvalue weighted by atomic mass is 10.1. The van der Waals surface area contributed by atoms with Gasteiger partial charge < -0.3 is 9.64 Å². The third-order valence-corrected chi connectivity index (χ3v) is 4.57. The van der Waals surface area contributed by atoms with Gasteiger partial charge in [0.15, 0.2) is 6.29 Å². The van der Waals surface area contributed by atoms with E-state index in [1.165, 1.54) is 12.1 Å². The molecule has 2 aromatic carbocycles. The van der Waals surface area contributed by atoms with Gasteiger partial charge in [0.2, 0.25) is 6.10 Å². The number of benzene rings is 2. The maximum atomic E-state index is 13.1. The smallest absolute Gasteiger partial charge is 0.270 e. The molecular formula is C20H20N2O5. The SMILES string of the molecule is O=Cc1cc([N+](=O)[O-])ccc1O[C@@H](C(=O)N1CCCCC1)c1ccccc1. The second kappa shape index (κ2) is 8.44. The van der Waals surface area contributed by atoms with Crippen LogP contribution in [0.25, 0.3) is 0 Å². The van der Waals surface area contributed by atoms with Crippen molar-refractivity contribution in [3.8, 4) is 5.75 Å². The summed E-state index contributed by atoms with van der Waals surface area (Å²) in [7, 11) is 0. The molecule has 1 aliphatic rings. The topological polar surface area (TPSA) is 89.7 Å². The molecule has 1 heterocycles. The standard InChI is InChI=1S/C20H20N2O5/c23-14-16-13-17(22(25)26)9-10-18(16)27-19(15-7-3-1-4-8-15)20(24)21-11-5-2-6-12-21/h1,3-4,7-10,13-14,19H,2,5-6,11-12H2/t19-/m1/s1. The van der Waals surface area contributed by atoms with Crippen LogP contribution >= 0.6 is 0 Å². The van der Waals surface area contributed by atoms with E-state index in [1.807, 2.05) is 18.2 Å². The molecular weight excluding hydrogens is 348 g/mol. The molecule has 0 aliphatic carbocycles. The summed E-state index contributed by atoms with van der Waals surface area (Å²) in [4.78, 5) is 36.6. The van der Waals surface area contributed by atoms with Crippen LogP contribution in [0.4, 0.5) is 5.69 Å². The predicted octanol–water partition coefficient (Wildman–Crippen LogP) is 3.54. The van der Waals surface area contributed by atoms with Crippen molar-refractivity contribution in [2.75, 3.05) is 13.1 Å². The highest BCUT2D eigenvalue weighted by Gasteiger charge is 2.29. The summed E-state index contributed by atoms with van der Waals surface area (Å²) in [5.41, 5.74) is 0.503. The molecule has 1 fully saturated rings. The number of non-ortho nitro benzene ring substituents is 1. The molecule has 7 nitrogen and oxygen atoms in total. The van der Waals surface area contributed by atoms with Gasteiger partial charge in [-0.1, -0.05) is 30.3 Å². The Morgan fingerprint density at radius 2 is 1.81 bits per heavy atom. The van der Waals surface area contributed by atoms with Crippen LogP contribution in [0.15, 0.2) is 48.5 Å². The molecule has 1 amide bonds. The number of likely N-dealkylation sites (tertiary alicyclic amines) is 1. The van der Waals surface area contributed by atoms with Gasteiger partial charge >= 0.3 is 0 Å². The van der Waals surface area contributed by atoms with Crippen LogP contribution in [-0.4, -0.2) is 35.1 Å². The first-order chi connectivity index (χ1) is 13.1. The molecule has 0 unspecified atom stereocenters. The van der Waals surface area contributed by atoms with E-state index in [2.05, 4.69) is 0 Å². The molecule has 0 bridgehead atoms. The first-order valence-electron chi connectivity index (χ1n) is 8.84. The Bertz CT molecular complexity index is 832. The minimum Gasteiger partial charge on any atom is -0.475 e. The van der Waals surface area contributed by atoms with Gasteiger partial charge in [0.05, 0.1) is 10.5 Å². The zero-order valence-electron chi connectivity index (χ0n) is 14.7. The minimum atomic E-state index is -0.913. The van der Waals surface area contributed by atoms with E-state index in [-0.39, 0.29) is 22.9 Å². The van der Waals surface area contributed by atoms with E-state index in [0.717, 1.165) is 25.3 Å². The van der Waals surface area contributed by atoms with Crippen LogP contribution in [0.5, 0.6) is 5.75 Å². The molecule has 27 heavy (non-hydrogen) atoms. The second-order valence-corrected chi connectivity index (χ2v) is 6.39. The van der Waals surface area contributed by atoms with Crippen LogP contribution in [0.3, 0.4) is 0 Å². The van der Waals surface area contributed by atoms with E-state index in [4.69, 9.17) is 4.74 Å². The van der Waals surface area contributed by atoms with Crippen molar-refractivity contribution >= 4 is 17.9 Å². The molecule has 1 saturated heterocycles. The summed E-state index contributed by atoms with van der Waals surface area (Å²) in [6, 6.07) is 12.8. The highest BCUT2D eigenvalue weighted by atomic mass is 16.6. The van der Waals surface area contributed by atoms with Crippen molar-refractivity contribution in [3.05, 3.63) is 69.8 Å². The molecule has 0 radical (unpaired) electrons. The predicted molar refractivity (Wildman–Crippen MR) is 98.7 cm³/mol. The lowest BCUT2D eigenvalue weighted by Gasteiger charge is -2.31. The van der Waals surface area contributed by atoms with Crippen molar-refractivity contribution < 1.29 is 19.2 Å². The molecule has 0 saturated carbocycles. The highest BCUT2D eigenvalue weighted by Crippen LogP contribution is 2.29. The molecule has 0 N–H and O–H groups in total. The Balaban J connectivity index is 1.93. The fourth-order valence-electron chi connectivity index (χ4n) is 3.14. The van der Waals surface area contributed by atoms with Gasteiger partial charge in [-0.25, -0.2) is 0 Å². The van der Waals surface area contributed by atoms with Gasteiger partial charge in [0, 0.05) is 30.8 Å². The number of nitro benzene ring substituents is 1. The maximum Gasteiger partial charge on any atom is 0.270 e. The lowest BCUT2D eigenvalue weighted by Crippen LogP contribution is -2.40. The normalized spacial score (nSPS) is 15.0. The Labute approximate surface area is 156 Å². The average Bonchev–Trinajstić information content (AvgIpc) is 2.72. The molecule has 0 aromatic heterocycles. The number of amides is 1. The van der Waals surface area contributed by atoms with Crippen molar-refractivity contribution in [2.24, 2.45) is 0 Å². The third-order valence-electron chi connectivity index (χ3n) is 4.57. The van der Waals surface area contributed by atoms with Gasteiger partial charge in [-0.05, 0) is 25.3 Å². The largest absolute Gasteiger partial charge is 0.475 e. The van der Waals surface area contributed by atoms with Gasteiger partial charge in [0.25, 0.3) is 11.6 Å². The van der Waals surface area contributed by atoms with Gasteiger partial charge in [0.1, 0.15) is 5.75 Å². The summed E-state index contributed by atoms with van der Waals surface area (Å²) in [5.74, 6) is -0.0223. The number of hydrogen-bond acceptors (Lipinski definition) is 5. The van der Waals surface area contributed by atoms with Crippen molar-refractivity contribution in [1.29, 1.82) is 0 Å². The summed E-state index contributed by atoms with van der Waals surface area (Å²) in [5, 5.41) is 10.9. The quantitative estimate of drug-likeness (QED) is 0.442. The van der Waals surface area contributed by atoms with E-state index in [1.54, 1.807) is 17.0 Å². The second-order valence-electron chi connectivity index (χ2n) is 6.39. The van der Waals surface area contributed by atoms with E-state index >= 15 is 0 Å². The molecule has 140 valence electrons. The number of hydrogen-bond donors (Lipinski definition) is 0. The van der Waals surface area contributed by atoms with Crippen LogP contribution < -0.4 is 4.74 Å². The van der Waals surface area contributed by atoms with Crippen LogP contribution in [0, 0.1) is 10.1 Å². The molecule has 0 spiro atoms. The number of carbonyl (C=O) groups excluding carboxylic acids is 2. The van der Waals surface area contributed by atoms with E-state index in [0.29, 0.717) is 24.9 Å². The number of nitro groups is 1. The number of piperidine rings is 1. The van der Waals surface area contributed by atoms with Gasteiger partial charge in [-0.15, -0.1) is 0 Å². The zero-order chi connectivity index (χ0) is 19.2. The Morgan fingerprint density at radius 1 is 1.11 bits per heavy atom. The van der Waals surface area contributed by atoms with Crippen LogP contribution in [-0.2, 0) is 4.79 Å². The number of rotatable bonds is 6. The summed E-state index contributed by atoms with van der Waals surface area (Å²) in [6.07, 6.45) is 2.58. The Morgan fingerprint density at radius 3 is 2.44 bits per heavy atom. The summed E-state index contributed by atoms with van der Waals surface area (Å²) < 4.78 is 5.93. The fraction of sp³-hybridized carbons (Fsp3) is 0.300. The Hall–Kier alpha value is -3.22. The number of aldehydes is 1. The number of carbonyl (C=O) groups is 2. The summed E-state index contributed by atoms with van der Waals surface area (Å²) in [6.45, 7) is 1.35. The zero-order valence-corrected chi connectivity index (χ0v) is 14.7. The van der Waals surface area contributed by atoms with E-state index in [9.17, 15) is 19.7 Å². The first-order valence-corrected chi connectivity index (χ1v) is 8.84. The molecule has 2 aromatic rings. The first kappa shape index (κ1) is 18.6. The fourth-order valence-corrected chi connectivity index (χ4v) is 3.14. The molecule has 7 heteroatoms. The van der Waals surface area contributed by atoms with Crippen molar-refractivity contribution in [3.63, 3.8) is 0 Å². The Kier molecular flexibility index (Phi) is 5.80. The highest BCUT2D eigenvalue weighted by molar-refractivity contribution is 5.84. The molecule has 3 rings (SSSR count). The van der Waals surface area contributed by atoms with Crippen LogP contribution in [0.2, 0.25) is 0 Å². The molecule has 1 atom stereocenters. The number of nitrogens with zero attached hydrogens (tertiary/aromatic N) is 2. The number of ether oxygens (including phenoxy) is 1. The van der Waals surface area contributed by atoms with Gasteiger partial charge in [-0.3, -0.25) is 19.7 Å². The maximum absolute atomic E-state index is 13.1. The minimum absolute atomic E-state index is 0.0385. The van der Waals surface area contributed by atoms with Crippen LogP contribution in [0.1, 0.15) is 41.3 Å². The molecule has 1 aliphatic heterocycles. The van der Waals surface area contributed by atoms with E-state index < -0.39 is 11.0 Å². The van der Waals surface area contributed by atoms with Crippen molar-refractivity contribution in [2.45, 2.75) is 25.4 Å². The van der Waals surface area contributed by atoms with Crippen molar-refractivity contribution in [1.82, 2.24) is 4.90 Å². The lowest BCUT2D eigenvalue weighted by molar-refractivity contribution is -0.384. The van der Waals surface area contributed by atoms with Gasteiger partial charge in [-0.2, -0.15) is 0 Å².